The first-order chi connectivity index (χ1) is 12.2. The highest BCUT2D eigenvalue weighted by Crippen LogP contribution is 2.37. The quantitative estimate of drug-likeness (QED) is 0.891. The lowest BCUT2D eigenvalue weighted by molar-refractivity contribution is -0.00208. The number of rotatable bonds is 3. The van der Waals surface area contributed by atoms with Crippen molar-refractivity contribution in [3.8, 4) is 5.75 Å². The Balaban J connectivity index is 1.99. The van der Waals surface area contributed by atoms with Crippen LogP contribution in [0.2, 0.25) is 0 Å². The van der Waals surface area contributed by atoms with Crippen molar-refractivity contribution in [3.05, 3.63) is 36.4 Å². The van der Waals surface area contributed by atoms with Gasteiger partial charge in [0, 0.05) is 23.9 Å². The molecule has 0 amide bonds. The number of β-amino-alcohol motifs (C(OH)–C–C–N with tert-alkyl or cyclic N) is 1. The molecule has 0 aliphatic carbocycles. The van der Waals surface area contributed by atoms with E-state index < -0.39 is 16.1 Å². The third kappa shape index (κ3) is 3.33. The Kier molecular flexibility index (Phi) is 5.03. The Hall–Kier alpha value is -1.63. The summed E-state index contributed by atoms with van der Waals surface area (Å²) in [6.45, 7) is 6.80. The van der Waals surface area contributed by atoms with Crippen molar-refractivity contribution in [2.24, 2.45) is 11.3 Å². The average Bonchev–Trinajstić information content (AvgIpc) is 2.59. The van der Waals surface area contributed by atoms with Gasteiger partial charge in [-0.2, -0.15) is 4.31 Å². The Morgan fingerprint density at radius 3 is 2.35 bits per heavy atom. The number of aliphatic hydroxyl groups excluding tert-OH is 1. The summed E-state index contributed by atoms with van der Waals surface area (Å²) in [5.74, 6) is 0.729. The van der Waals surface area contributed by atoms with Crippen LogP contribution in [-0.4, -0.2) is 44.1 Å². The standard InChI is InChI=1S/C20H27NO4S/c1-20(2,3)16-11-12-21(13-17(16)22)26(23,24)19-10-9-18(25-4)14-7-5-6-8-15(14)19/h5-10,16-17,22H,11-13H2,1-4H3/t16-,17+/m0/s1. The summed E-state index contributed by atoms with van der Waals surface area (Å²) in [5.41, 5.74) is -0.0535. The van der Waals surface area contributed by atoms with E-state index in [-0.39, 0.29) is 22.8 Å². The lowest BCUT2D eigenvalue weighted by Crippen LogP contribution is -2.49. The summed E-state index contributed by atoms with van der Waals surface area (Å²) in [4.78, 5) is 0.260. The van der Waals surface area contributed by atoms with Crippen molar-refractivity contribution < 1.29 is 18.3 Å². The van der Waals surface area contributed by atoms with Crippen LogP contribution in [0.1, 0.15) is 27.2 Å². The monoisotopic (exact) mass is 377 g/mol. The summed E-state index contributed by atoms with van der Waals surface area (Å²) in [6, 6.07) is 10.6. The fourth-order valence-corrected chi connectivity index (χ4v) is 5.59. The summed E-state index contributed by atoms with van der Waals surface area (Å²) < 4.78 is 33.3. The molecule has 0 aromatic heterocycles. The molecule has 2 atom stereocenters. The van der Waals surface area contributed by atoms with Gasteiger partial charge in [0.05, 0.1) is 18.1 Å². The predicted molar refractivity (Wildman–Crippen MR) is 103 cm³/mol. The van der Waals surface area contributed by atoms with Gasteiger partial charge < -0.3 is 9.84 Å². The van der Waals surface area contributed by atoms with Crippen LogP contribution in [0.15, 0.2) is 41.3 Å². The van der Waals surface area contributed by atoms with E-state index in [9.17, 15) is 13.5 Å². The molecule has 142 valence electrons. The molecule has 1 aliphatic heterocycles. The topological polar surface area (TPSA) is 66.8 Å². The van der Waals surface area contributed by atoms with Crippen molar-refractivity contribution in [1.29, 1.82) is 0 Å². The maximum absolute atomic E-state index is 13.3. The van der Waals surface area contributed by atoms with Crippen LogP contribution < -0.4 is 4.74 Å². The molecule has 2 aromatic carbocycles. The van der Waals surface area contributed by atoms with Crippen molar-refractivity contribution in [2.75, 3.05) is 20.2 Å². The number of piperidine rings is 1. The number of benzene rings is 2. The van der Waals surface area contributed by atoms with Crippen molar-refractivity contribution in [2.45, 2.75) is 38.2 Å². The van der Waals surface area contributed by atoms with Gasteiger partial charge in [0.2, 0.25) is 10.0 Å². The molecule has 3 rings (SSSR count). The summed E-state index contributed by atoms with van der Waals surface area (Å²) in [6.07, 6.45) is -0.0131. The molecule has 0 radical (unpaired) electrons. The van der Waals surface area contributed by atoms with E-state index in [2.05, 4.69) is 20.8 Å². The lowest BCUT2D eigenvalue weighted by Gasteiger charge is -2.41. The molecule has 0 saturated carbocycles. The molecule has 0 bridgehead atoms. The van der Waals surface area contributed by atoms with E-state index in [1.54, 1.807) is 25.3 Å². The highest BCUT2D eigenvalue weighted by Gasteiger charge is 2.40. The minimum absolute atomic E-state index is 0.0535. The van der Waals surface area contributed by atoms with Gasteiger partial charge in [0.1, 0.15) is 5.75 Å². The highest BCUT2D eigenvalue weighted by molar-refractivity contribution is 7.89. The van der Waals surface area contributed by atoms with Gasteiger partial charge >= 0.3 is 0 Å². The molecule has 6 heteroatoms. The zero-order chi connectivity index (χ0) is 19.1. The molecule has 1 fully saturated rings. The van der Waals surface area contributed by atoms with E-state index in [1.165, 1.54) is 4.31 Å². The fraction of sp³-hybridized carbons (Fsp3) is 0.500. The van der Waals surface area contributed by atoms with Crippen LogP contribution in [0.25, 0.3) is 10.8 Å². The first kappa shape index (κ1) is 19.1. The van der Waals surface area contributed by atoms with Crippen LogP contribution >= 0.6 is 0 Å². The summed E-state index contributed by atoms with van der Waals surface area (Å²) >= 11 is 0. The zero-order valence-electron chi connectivity index (χ0n) is 15.8. The highest BCUT2D eigenvalue weighted by atomic mass is 32.2. The smallest absolute Gasteiger partial charge is 0.243 e. The minimum Gasteiger partial charge on any atom is -0.496 e. The van der Waals surface area contributed by atoms with Gasteiger partial charge in [-0.05, 0) is 29.9 Å². The van der Waals surface area contributed by atoms with Crippen molar-refractivity contribution in [3.63, 3.8) is 0 Å². The molecule has 1 N–H and O–H groups in total. The number of ether oxygens (including phenoxy) is 1. The molecule has 2 aromatic rings. The minimum atomic E-state index is -3.70. The van der Waals surface area contributed by atoms with E-state index >= 15 is 0 Å². The van der Waals surface area contributed by atoms with Gasteiger partial charge in [0.15, 0.2) is 0 Å². The van der Waals surface area contributed by atoms with Gasteiger partial charge in [-0.1, -0.05) is 45.0 Å². The molecular formula is C20H27NO4S. The zero-order valence-corrected chi connectivity index (χ0v) is 16.6. The van der Waals surface area contributed by atoms with Crippen molar-refractivity contribution >= 4 is 20.8 Å². The molecule has 1 aliphatic rings. The third-order valence-corrected chi connectivity index (χ3v) is 7.26. The molecule has 26 heavy (non-hydrogen) atoms. The van der Waals surface area contributed by atoms with Crippen molar-refractivity contribution in [1.82, 2.24) is 4.31 Å². The van der Waals surface area contributed by atoms with E-state index in [0.29, 0.717) is 24.1 Å². The van der Waals surface area contributed by atoms with Gasteiger partial charge in [-0.25, -0.2) is 8.42 Å². The number of aliphatic hydroxyl groups is 1. The second-order valence-corrected chi connectivity index (χ2v) is 9.91. The van der Waals surface area contributed by atoms with E-state index in [0.717, 1.165) is 5.39 Å². The number of nitrogens with zero attached hydrogens (tertiary/aromatic N) is 1. The van der Waals surface area contributed by atoms with Gasteiger partial charge in [-0.15, -0.1) is 0 Å². The molecule has 0 spiro atoms. The van der Waals surface area contributed by atoms with E-state index in [1.807, 2.05) is 18.2 Å². The second-order valence-electron chi connectivity index (χ2n) is 8.00. The molecule has 1 saturated heterocycles. The Bertz CT molecular complexity index is 902. The van der Waals surface area contributed by atoms with Crippen LogP contribution in [0.4, 0.5) is 0 Å². The first-order valence-electron chi connectivity index (χ1n) is 8.90. The number of fused-ring (bicyclic) bond motifs is 1. The van der Waals surface area contributed by atoms with Gasteiger partial charge in [-0.3, -0.25) is 0 Å². The normalized spacial score (nSPS) is 22.5. The lowest BCUT2D eigenvalue weighted by atomic mass is 9.74. The third-order valence-electron chi connectivity index (χ3n) is 5.34. The molecule has 1 heterocycles. The number of hydrogen-bond acceptors (Lipinski definition) is 4. The predicted octanol–water partition coefficient (Wildman–Crippen LogP) is 3.27. The largest absolute Gasteiger partial charge is 0.496 e. The maximum Gasteiger partial charge on any atom is 0.243 e. The summed E-state index contributed by atoms with van der Waals surface area (Å²) in [7, 11) is -2.12. The average molecular weight is 378 g/mol. The maximum atomic E-state index is 13.3. The van der Waals surface area contributed by atoms with Crippen LogP contribution in [-0.2, 0) is 10.0 Å². The van der Waals surface area contributed by atoms with Gasteiger partial charge in [0.25, 0.3) is 0 Å². The van der Waals surface area contributed by atoms with Crippen LogP contribution in [0, 0.1) is 11.3 Å². The Labute approximate surface area is 155 Å². The number of hydrogen-bond donors (Lipinski definition) is 1. The fourth-order valence-electron chi connectivity index (χ4n) is 3.92. The van der Waals surface area contributed by atoms with Crippen LogP contribution in [0.5, 0.6) is 5.75 Å². The van der Waals surface area contributed by atoms with E-state index in [4.69, 9.17) is 4.74 Å². The molecule has 5 nitrogen and oxygen atoms in total. The SMILES string of the molecule is COc1ccc(S(=O)(=O)N2CC[C@H](C(C)(C)C)[C@H](O)C2)c2ccccc12. The van der Waals surface area contributed by atoms with Crippen LogP contribution in [0.3, 0.4) is 0 Å². The Morgan fingerprint density at radius 1 is 1.12 bits per heavy atom. The molecular weight excluding hydrogens is 350 g/mol. The second kappa shape index (κ2) is 6.83. The number of methoxy groups -OCH3 is 1. The Morgan fingerprint density at radius 2 is 1.77 bits per heavy atom. The molecule has 0 unspecified atom stereocenters. The summed E-state index contributed by atoms with van der Waals surface area (Å²) in [5, 5.41) is 12.0. The first-order valence-corrected chi connectivity index (χ1v) is 10.3. The number of sulfonamides is 1.